The molecule has 15 heavy (non-hydrogen) atoms. The van der Waals surface area contributed by atoms with Crippen LogP contribution in [0.5, 0.6) is 0 Å². The van der Waals surface area contributed by atoms with Gasteiger partial charge in [-0.1, -0.05) is 6.58 Å². The molecule has 0 saturated carbocycles. The van der Waals surface area contributed by atoms with Crippen LogP contribution in [0.4, 0.5) is 0 Å². The van der Waals surface area contributed by atoms with Crippen LogP contribution in [0, 0.1) is 0 Å². The molecule has 0 aliphatic rings. The minimum Gasteiger partial charge on any atom is -0.502 e. The molecular weight excluding hydrogens is 190 g/mol. The fourth-order valence-corrected chi connectivity index (χ4v) is 1.34. The van der Waals surface area contributed by atoms with Crippen molar-refractivity contribution in [2.75, 3.05) is 13.2 Å². The van der Waals surface area contributed by atoms with Crippen molar-refractivity contribution in [1.82, 2.24) is 15.1 Å². The third-order valence-electron chi connectivity index (χ3n) is 2.23. The summed E-state index contributed by atoms with van der Waals surface area (Å²) in [7, 11) is 1.92. The van der Waals surface area contributed by atoms with Crippen molar-refractivity contribution in [2.24, 2.45) is 7.05 Å². The first kappa shape index (κ1) is 11.8. The van der Waals surface area contributed by atoms with Crippen molar-refractivity contribution < 1.29 is 4.74 Å². The Hall–Kier alpha value is -1.29. The third kappa shape index (κ3) is 4.16. The molecule has 0 aliphatic carbocycles. The Balaban J connectivity index is 2.18. The Kier molecular flexibility index (Phi) is 4.90. The highest BCUT2D eigenvalue weighted by Gasteiger charge is 2.05. The van der Waals surface area contributed by atoms with Crippen molar-refractivity contribution in [3.8, 4) is 0 Å². The molecule has 1 rings (SSSR count). The van der Waals surface area contributed by atoms with E-state index in [1.165, 1.54) is 11.8 Å². The van der Waals surface area contributed by atoms with Crippen molar-refractivity contribution >= 4 is 0 Å². The van der Waals surface area contributed by atoms with E-state index in [1.807, 2.05) is 24.1 Å². The molecule has 1 aromatic rings. The summed E-state index contributed by atoms with van der Waals surface area (Å²) in [5.74, 6) is 0. The summed E-state index contributed by atoms with van der Waals surface area (Å²) in [5, 5.41) is 7.54. The van der Waals surface area contributed by atoms with Gasteiger partial charge in [-0.2, -0.15) is 5.10 Å². The molecule has 0 amide bonds. The van der Waals surface area contributed by atoms with Crippen molar-refractivity contribution in [2.45, 2.75) is 19.4 Å². The van der Waals surface area contributed by atoms with E-state index < -0.39 is 0 Å². The predicted octanol–water partition coefficient (Wildman–Crippen LogP) is 1.62. The first-order valence-electron chi connectivity index (χ1n) is 5.18. The quantitative estimate of drug-likeness (QED) is 0.548. The number of rotatable bonds is 7. The van der Waals surface area contributed by atoms with E-state index in [4.69, 9.17) is 4.74 Å². The number of aromatic nitrogens is 2. The van der Waals surface area contributed by atoms with Gasteiger partial charge in [-0.25, -0.2) is 0 Å². The van der Waals surface area contributed by atoms with Gasteiger partial charge in [-0.05, 0) is 19.9 Å². The second-order valence-electron chi connectivity index (χ2n) is 3.51. The molecule has 1 atom stereocenters. The van der Waals surface area contributed by atoms with E-state index in [1.54, 1.807) is 0 Å². The standard InChI is InChI=1S/C11H19N3O/c1-4-15-7-5-6-12-10(2)11-8-13-14(3)9-11/h4,8-10,12H,1,5-7H2,2-3H3. The molecule has 1 aromatic heterocycles. The predicted molar refractivity (Wildman–Crippen MR) is 60.4 cm³/mol. The molecule has 0 fully saturated rings. The SMILES string of the molecule is C=COCCCNC(C)c1cnn(C)c1. The van der Waals surface area contributed by atoms with Crippen LogP contribution < -0.4 is 5.32 Å². The van der Waals surface area contributed by atoms with Gasteiger partial charge in [0.05, 0.1) is 19.1 Å². The zero-order valence-electron chi connectivity index (χ0n) is 9.44. The number of ether oxygens (including phenoxy) is 1. The molecule has 0 bridgehead atoms. The van der Waals surface area contributed by atoms with Crippen molar-refractivity contribution in [3.05, 3.63) is 30.8 Å². The second-order valence-corrected chi connectivity index (χ2v) is 3.51. The fraction of sp³-hybridized carbons (Fsp3) is 0.545. The van der Waals surface area contributed by atoms with E-state index >= 15 is 0 Å². The van der Waals surface area contributed by atoms with Crippen LogP contribution >= 0.6 is 0 Å². The largest absolute Gasteiger partial charge is 0.502 e. The average Bonchev–Trinajstić information content (AvgIpc) is 2.64. The topological polar surface area (TPSA) is 39.1 Å². The monoisotopic (exact) mass is 209 g/mol. The maximum absolute atomic E-state index is 5.03. The molecule has 4 heteroatoms. The minimum atomic E-state index is 0.336. The molecule has 0 spiro atoms. The molecule has 0 aromatic carbocycles. The van der Waals surface area contributed by atoms with Crippen molar-refractivity contribution in [3.63, 3.8) is 0 Å². The van der Waals surface area contributed by atoms with Crippen LogP contribution in [0.1, 0.15) is 24.9 Å². The smallest absolute Gasteiger partial charge is 0.0885 e. The molecule has 1 N–H and O–H groups in total. The van der Waals surface area contributed by atoms with Crippen LogP contribution in [0.2, 0.25) is 0 Å². The maximum Gasteiger partial charge on any atom is 0.0885 e. The molecule has 1 unspecified atom stereocenters. The summed E-state index contributed by atoms with van der Waals surface area (Å²) in [6.07, 6.45) is 6.37. The summed E-state index contributed by atoms with van der Waals surface area (Å²) in [5.41, 5.74) is 1.21. The van der Waals surface area contributed by atoms with E-state index in [0.29, 0.717) is 6.04 Å². The van der Waals surface area contributed by atoms with Gasteiger partial charge in [-0.15, -0.1) is 0 Å². The number of aryl methyl sites for hydroxylation is 1. The van der Waals surface area contributed by atoms with Crippen LogP contribution in [0.15, 0.2) is 25.2 Å². The zero-order valence-corrected chi connectivity index (χ0v) is 9.44. The van der Waals surface area contributed by atoms with Crippen LogP contribution in [-0.4, -0.2) is 22.9 Å². The maximum atomic E-state index is 5.03. The number of nitrogens with zero attached hydrogens (tertiary/aromatic N) is 2. The number of hydrogen-bond acceptors (Lipinski definition) is 3. The minimum absolute atomic E-state index is 0.336. The van der Waals surface area contributed by atoms with E-state index in [9.17, 15) is 0 Å². The van der Waals surface area contributed by atoms with E-state index in [-0.39, 0.29) is 0 Å². The lowest BCUT2D eigenvalue weighted by Crippen LogP contribution is -2.20. The molecule has 0 radical (unpaired) electrons. The second kappa shape index (κ2) is 6.24. The summed E-state index contributed by atoms with van der Waals surface area (Å²) in [4.78, 5) is 0. The van der Waals surface area contributed by atoms with Crippen LogP contribution in [0.3, 0.4) is 0 Å². The highest BCUT2D eigenvalue weighted by molar-refractivity contribution is 5.08. The first-order chi connectivity index (χ1) is 7.24. The number of hydrogen-bond donors (Lipinski definition) is 1. The molecule has 4 nitrogen and oxygen atoms in total. The molecule has 84 valence electrons. The van der Waals surface area contributed by atoms with E-state index in [2.05, 4.69) is 23.9 Å². The van der Waals surface area contributed by atoms with Gasteiger partial charge in [0, 0.05) is 24.8 Å². The lowest BCUT2D eigenvalue weighted by atomic mass is 10.2. The Morgan fingerprint density at radius 2 is 2.53 bits per heavy atom. The van der Waals surface area contributed by atoms with Gasteiger partial charge in [0.25, 0.3) is 0 Å². The Morgan fingerprint density at radius 3 is 3.13 bits per heavy atom. The van der Waals surface area contributed by atoms with Gasteiger partial charge in [0.1, 0.15) is 0 Å². The summed E-state index contributed by atoms with van der Waals surface area (Å²) >= 11 is 0. The normalized spacial score (nSPS) is 12.4. The molecular formula is C11H19N3O. The Morgan fingerprint density at radius 1 is 1.73 bits per heavy atom. The van der Waals surface area contributed by atoms with Gasteiger partial charge < -0.3 is 10.1 Å². The highest BCUT2D eigenvalue weighted by atomic mass is 16.5. The van der Waals surface area contributed by atoms with Gasteiger partial charge >= 0.3 is 0 Å². The molecule has 0 aliphatic heterocycles. The van der Waals surface area contributed by atoms with Crippen molar-refractivity contribution in [1.29, 1.82) is 0 Å². The van der Waals surface area contributed by atoms with Gasteiger partial charge in [0.2, 0.25) is 0 Å². The lowest BCUT2D eigenvalue weighted by Gasteiger charge is -2.11. The van der Waals surface area contributed by atoms with Crippen LogP contribution in [-0.2, 0) is 11.8 Å². The van der Waals surface area contributed by atoms with Gasteiger partial charge in [-0.3, -0.25) is 4.68 Å². The summed E-state index contributed by atoms with van der Waals surface area (Å²) in [6.45, 7) is 7.27. The van der Waals surface area contributed by atoms with Gasteiger partial charge in [0.15, 0.2) is 0 Å². The Labute approximate surface area is 90.9 Å². The number of nitrogens with one attached hydrogen (secondary N) is 1. The van der Waals surface area contributed by atoms with Crippen LogP contribution in [0.25, 0.3) is 0 Å². The zero-order chi connectivity index (χ0) is 11.1. The first-order valence-corrected chi connectivity index (χ1v) is 5.18. The highest BCUT2D eigenvalue weighted by Crippen LogP contribution is 2.09. The summed E-state index contributed by atoms with van der Waals surface area (Å²) < 4.78 is 6.85. The lowest BCUT2D eigenvalue weighted by molar-refractivity contribution is 0.243. The average molecular weight is 209 g/mol. The molecule has 1 heterocycles. The summed E-state index contributed by atoms with van der Waals surface area (Å²) in [6, 6.07) is 0.336. The third-order valence-corrected chi connectivity index (χ3v) is 2.23. The molecule has 0 saturated heterocycles. The Bertz CT molecular complexity index is 296. The fourth-order valence-electron chi connectivity index (χ4n) is 1.34. The van der Waals surface area contributed by atoms with E-state index in [0.717, 1.165) is 19.6 Å².